The molecule has 0 atom stereocenters. The van der Waals surface area contributed by atoms with Gasteiger partial charge in [-0.1, -0.05) is 25.1 Å². The van der Waals surface area contributed by atoms with E-state index in [2.05, 4.69) is 18.3 Å². The Morgan fingerprint density at radius 2 is 2.05 bits per heavy atom. The molecule has 0 aliphatic rings. The molecule has 0 radical (unpaired) electrons. The molecule has 1 aromatic carbocycles. The fourth-order valence-corrected chi connectivity index (χ4v) is 1.76. The highest BCUT2D eigenvalue weighted by molar-refractivity contribution is 5.41. The Bertz CT molecular complexity index is 418. The zero-order valence-corrected chi connectivity index (χ0v) is 13.4. The van der Waals surface area contributed by atoms with Gasteiger partial charge in [-0.25, -0.2) is 0 Å². The third kappa shape index (κ3) is 7.16. The number of hydrogen-bond donors (Lipinski definition) is 1. The Labute approximate surface area is 128 Å². The van der Waals surface area contributed by atoms with Crippen molar-refractivity contribution in [2.75, 3.05) is 33.5 Å². The van der Waals surface area contributed by atoms with E-state index >= 15 is 0 Å². The van der Waals surface area contributed by atoms with Gasteiger partial charge in [0, 0.05) is 31.8 Å². The van der Waals surface area contributed by atoms with Crippen molar-refractivity contribution in [3.05, 3.63) is 35.9 Å². The maximum atomic E-state index is 5.82. The van der Waals surface area contributed by atoms with Crippen molar-refractivity contribution in [3.63, 3.8) is 0 Å². The summed E-state index contributed by atoms with van der Waals surface area (Å²) < 4.78 is 16.5. The lowest BCUT2D eigenvalue weighted by molar-refractivity contribution is 0.199. The number of hydrogen-bond acceptors (Lipinski definition) is 4. The lowest BCUT2D eigenvalue weighted by Gasteiger charge is -2.13. The van der Waals surface area contributed by atoms with Gasteiger partial charge in [-0.05, 0) is 19.4 Å². The highest BCUT2D eigenvalue weighted by Gasteiger charge is 2.06. The van der Waals surface area contributed by atoms with Crippen LogP contribution in [0.15, 0.2) is 30.4 Å². The Balaban J connectivity index is 2.68. The lowest BCUT2D eigenvalue weighted by atomic mass is 10.2. The van der Waals surface area contributed by atoms with Gasteiger partial charge in [0.05, 0.1) is 13.2 Å². The van der Waals surface area contributed by atoms with Crippen LogP contribution in [0.5, 0.6) is 11.5 Å². The zero-order chi connectivity index (χ0) is 15.3. The Morgan fingerprint density at radius 1 is 1.19 bits per heavy atom. The second kappa shape index (κ2) is 11.2. The largest absolute Gasteiger partial charge is 0.493 e. The first-order valence-electron chi connectivity index (χ1n) is 7.51. The molecular weight excluding hydrogens is 266 g/mol. The van der Waals surface area contributed by atoms with E-state index in [4.69, 9.17) is 14.2 Å². The summed E-state index contributed by atoms with van der Waals surface area (Å²) in [6.45, 7) is 7.64. The fourth-order valence-electron chi connectivity index (χ4n) is 1.76. The summed E-state index contributed by atoms with van der Waals surface area (Å²) in [5, 5.41) is 3.33. The van der Waals surface area contributed by atoms with E-state index in [0.717, 1.165) is 43.2 Å². The summed E-state index contributed by atoms with van der Waals surface area (Å²) in [7, 11) is 1.70. The van der Waals surface area contributed by atoms with Gasteiger partial charge >= 0.3 is 0 Å². The van der Waals surface area contributed by atoms with E-state index in [1.54, 1.807) is 7.11 Å². The first-order valence-corrected chi connectivity index (χ1v) is 7.51. The van der Waals surface area contributed by atoms with Crippen molar-refractivity contribution in [2.45, 2.75) is 26.8 Å². The van der Waals surface area contributed by atoms with Crippen LogP contribution in [0.1, 0.15) is 25.8 Å². The Kier molecular flexibility index (Phi) is 9.33. The molecule has 0 fully saturated rings. The van der Waals surface area contributed by atoms with E-state index in [1.165, 1.54) is 0 Å². The molecule has 4 nitrogen and oxygen atoms in total. The second-order valence-corrected chi connectivity index (χ2v) is 4.67. The maximum Gasteiger partial charge on any atom is 0.127 e. The molecule has 0 heterocycles. The summed E-state index contributed by atoms with van der Waals surface area (Å²) in [5.41, 5.74) is 1.12. The van der Waals surface area contributed by atoms with Crippen LogP contribution < -0.4 is 14.8 Å². The van der Waals surface area contributed by atoms with Crippen LogP contribution in [-0.2, 0) is 11.3 Å². The number of ether oxygens (including phenoxy) is 3. The quantitative estimate of drug-likeness (QED) is 0.502. The summed E-state index contributed by atoms with van der Waals surface area (Å²) in [4.78, 5) is 0. The van der Waals surface area contributed by atoms with E-state index in [0.29, 0.717) is 13.2 Å². The maximum absolute atomic E-state index is 5.82. The normalized spacial score (nSPS) is 11.0. The standard InChI is InChI=1S/C17H27NO3/c1-4-6-11-21-17-13-16(20-10-5-2)8-7-15(17)14-18-9-12-19-3/h4,6-8,13,18H,5,9-12,14H2,1-3H3. The number of allylic oxidation sites excluding steroid dienone is 1. The Morgan fingerprint density at radius 3 is 2.76 bits per heavy atom. The van der Waals surface area contributed by atoms with Crippen LogP contribution in [0.2, 0.25) is 0 Å². The average Bonchev–Trinajstić information content (AvgIpc) is 2.51. The van der Waals surface area contributed by atoms with E-state index in [1.807, 2.05) is 31.2 Å². The van der Waals surface area contributed by atoms with E-state index < -0.39 is 0 Å². The molecule has 0 aromatic heterocycles. The van der Waals surface area contributed by atoms with Gasteiger partial charge < -0.3 is 19.5 Å². The summed E-state index contributed by atoms with van der Waals surface area (Å²) in [5.74, 6) is 1.72. The van der Waals surface area contributed by atoms with Crippen molar-refractivity contribution in [1.29, 1.82) is 0 Å². The third-order valence-electron chi connectivity index (χ3n) is 2.88. The predicted molar refractivity (Wildman–Crippen MR) is 86.1 cm³/mol. The first-order chi connectivity index (χ1) is 10.3. The molecule has 0 aliphatic heterocycles. The molecule has 118 valence electrons. The minimum atomic E-state index is 0.568. The molecule has 0 bridgehead atoms. The number of nitrogens with one attached hydrogen (secondary N) is 1. The summed E-state index contributed by atoms with van der Waals surface area (Å²) in [6.07, 6.45) is 4.96. The van der Waals surface area contributed by atoms with Gasteiger partial charge in [-0.3, -0.25) is 0 Å². The van der Waals surface area contributed by atoms with Gasteiger partial charge in [0.15, 0.2) is 0 Å². The minimum absolute atomic E-state index is 0.568. The smallest absolute Gasteiger partial charge is 0.127 e. The minimum Gasteiger partial charge on any atom is -0.493 e. The molecule has 0 aliphatic carbocycles. The van der Waals surface area contributed by atoms with Crippen LogP contribution in [0.4, 0.5) is 0 Å². The predicted octanol–water partition coefficient (Wildman–Crippen LogP) is 3.17. The molecule has 0 spiro atoms. The molecule has 1 aromatic rings. The molecule has 0 saturated carbocycles. The van der Waals surface area contributed by atoms with Gasteiger partial charge in [0.2, 0.25) is 0 Å². The number of methoxy groups -OCH3 is 1. The zero-order valence-electron chi connectivity index (χ0n) is 13.4. The highest BCUT2D eigenvalue weighted by Crippen LogP contribution is 2.25. The molecule has 4 heteroatoms. The Hall–Kier alpha value is -1.52. The average molecular weight is 293 g/mol. The van der Waals surface area contributed by atoms with Gasteiger partial charge in [-0.15, -0.1) is 0 Å². The van der Waals surface area contributed by atoms with Gasteiger partial charge in [0.25, 0.3) is 0 Å². The van der Waals surface area contributed by atoms with E-state index in [9.17, 15) is 0 Å². The third-order valence-corrected chi connectivity index (χ3v) is 2.88. The van der Waals surface area contributed by atoms with E-state index in [-0.39, 0.29) is 0 Å². The van der Waals surface area contributed by atoms with Crippen molar-refractivity contribution in [3.8, 4) is 11.5 Å². The van der Waals surface area contributed by atoms with Crippen molar-refractivity contribution < 1.29 is 14.2 Å². The molecular formula is C17H27NO3. The van der Waals surface area contributed by atoms with Crippen LogP contribution in [0.3, 0.4) is 0 Å². The molecule has 0 unspecified atom stereocenters. The second-order valence-electron chi connectivity index (χ2n) is 4.67. The first kappa shape index (κ1) is 17.5. The SMILES string of the molecule is CC=CCOc1cc(OCCC)ccc1CNCCOC. The van der Waals surface area contributed by atoms with Crippen LogP contribution in [0, 0.1) is 0 Å². The molecule has 21 heavy (non-hydrogen) atoms. The lowest BCUT2D eigenvalue weighted by Crippen LogP contribution is -2.19. The molecule has 0 amide bonds. The molecule has 1 rings (SSSR count). The van der Waals surface area contributed by atoms with Gasteiger partial charge in [0.1, 0.15) is 18.1 Å². The van der Waals surface area contributed by atoms with Crippen molar-refractivity contribution in [2.24, 2.45) is 0 Å². The fraction of sp³-hybridized carbons (Fsp3) is 0.529. The molecule has 0 saturated heterocycles. The highest BCUT2D eigenvalue weighted by atomic mass is 16.5. The van der Waals surface area contributed by atoms with Gasteiger partial charge in [-0.2, -0.15) is 0 Å². The monoisotopic (exact) mass is 293 g/mol. The van der Waals surface area contributed by atoms with Crippen molar-refractivity contribution >= 4 is 0 Å². The van der Waals surface area contributed by atoms with Crippen LogP contribution in [0.25, 0.3) is 0 Å². The van der Waals surface area contributed by atoms with Crippen LogP contribution in [-0.4, -0.2) is 33.5 Å². The van der Waals surface area contributed by atoms with Crippen molar-refractivity contribution in [1.82, 2.24) is 5.32 Å². The number of benzene rings is 1. The summed E-state index contributed by atoms with van der Waals surface area (Å²) >= 11 is 0. The number of rotatable bonds is 11. The topological polar surface area (TPSA) is 39.7 Å². The van der Waals surface area contributed by atoms with Crippen LogP contribution >= 0.6 is 0 Å². The molecule has 1 N–H and O–H groups in total. The summed E-state index contributed by atoms with van der Waals surface area (Å²) in [6, 6.07) is 6.01.